The quantitative estimate of drug-likeness (QED) is 0.548. The number of hydrogen-bond donors (Lipinski definition) is 1. The predicted molar refractivity (Wildman–Crippen MR) is 130 cm³/mol. The van der Waals surface area contributed by atoms with E-state index in [4.69, 9.17) is 11.6 Å². The summed E-state index contributed by atoms with van der Waals surface area (Å²) in [6, 6.07) is 14.5. The molecule has 0 bridgehead atoms. The van der Waals surface area contributed by atoms with Crippen LogP contribution in [-0.4, -0.2) is 55.0 Å². The summed E-state index contributed by atoms with van der Waals surface area (Å²) in [5.74, 6) is -0.553. The van der Waals surface area contributed by atoms with E-state index in [0.717, 1.165) is 5.56 Å². The van der Waals surface area contributed by atoms with Gasteiger partial charge in [-0.2, -0.15) is 0 Å². The van der Waals surface area contributed by atoms with Crippen LogP contribution in [0.4, 0.5) is 0 Å². The summed E-state index contributed by atoms with van der Waals surface area (Å²) in [5.41, 5.74) is 1.75. The summed E-state index contributed by atoms with van der Waals surface area (Å²) in [5, 5.41) is 11.0. The Hall–Kier alpha value is -2.88. The molecule has 2 amide bonds. The number of imidazole rings is 1. The number of carbonyl (C=O) groups excluding carboxylic acids is 2. The molecular weight excluding hydrogens is 524 g/mol. The normalized spacial score (nSPS) is 17.9. The molecule has 2 aromatic carbocycles. The molecule has 0 saturated carbocycles. The van der Waals surface area contributed by atoms with Gasteiger partial charge in [0.2, 0.25) is 0 Å². The van der Waals surface area contributed by atoms with E-state index in [9.17, 15) is 19.5 Å². The van der Waals surface area contributed by atoms with Gasteiger partial charge in [0.05, 0.1) is 29.9 Å². The maximum absolute atomic E-state index is 13.6. The highest BCUT2D eigenvalue weighted by atomic mass is 79.9. The summed E-state index contributed by atoms with van der Waals surface area (Å²) in [7, 11) is 0. The van der Waals surface area contributed by atoms with Crippen LogP contribution >= 0.6 is 27.5 Å². The van der Waals surface area contributed by atoms with Gasteiger partial charge in [0.15, 0.2) is 0 Å². The lowest BCUT2D eigenvalue weighted by Gasteiger charge is -2.29. The molecule has 1 N–H and O–H groups in total. The SMILES string of the molecule is O=C(c1ccc(Br)c(Cl)c1)N1CCn2c(c3n(c2=O)C[C@H](O)CN(Cc2ccccc2)C3=O)C1. The molecule has 0 aliphatic carbocycles. The van der Waals surface area contributed by atoms with Gasteiger partial charge < -0.3 is 14.9 Å². The average Bonchev–Trinajstić information content (AvgIpc) is 3.03. The molecule has 2 aliphatic heterocycles. The van der Waals surface area contributed by atoms with Gasteiger partial charge in [0.25, 0.3) is 11.8 Å². The molecule has 1 aromatic heterocycles. The third-order valence-electron chi connectivity index (χ3n) is 6.25. The van der Waals surface area contributed by atoms with E-state index in [1.807, 2.05) is 30.3 Å². The van der Waals surface area contributed by atoms with Crippen molar-refractivity contribution in [3.05, 3.63) is 91.0 Å². The zero-order chi connectivity index (χ0) is 24.0. The number of benzene rings is 2. The highest BCUT2D eigenvalue weighted by molar-refractivity contribution is 9.10. The first kappa shape index (κ1) is 22.9. The van der Waals surface area contributed by atoms with Crippen molar-refractivity contribution in [1.29, 1.82) is 0 Å². The van der Waals surface area contributed by atoms with Crippen LogP contribution in [0.1, 0.15) is 32.1 Å². The van der Waals surface area contributed by atoms with Gasteiger partial charge in [0, 0.05) is 36.2 Å². The standard InChI is InChI=1S/C24H22BrClN4O4/c25-18-7-6-16(10-19(18)26)22(32)27-8-9-29-20(14-27)21-23(33)28(11-15-4-2-1-3-5-15)12-17(31)13-30(21)24(29)34/h1-7,10,17,31H,8-9,11-14H2/t17-/m1/s1. The third-order valence-corrected chi connectivity index (χ3v) is 7.48. The van der Waals surface area contributed by atoms with Crippen LogP contribution in [0.3, 0.4) is 0 Å². The van der Waals surface area contributed by atoms with Gasteiger partial charge in [-0.05, 0) is 39.7 Å². The molecule has 0 spiro atoms. The van der Waals surface area contributed by atoms with Crippen molar-refractivity contribution in [2.75, 3.05) is 13.1 Å². The topological polar surface area (TPSA) is 87.8 Å². The van der Waals surface area contributed by atoms with E-state index in [1.165, 1.54) is 4.57 Å². The van der Waals surface area contributed by atoms with Crippen LogP contribution in [0.15, 0.2) is 57.8 Å². The molecular formula is C24H22BrClN4O4. The van der Waals surface area contributed by atoms with Gasteiger partial charge >= 0.3 is 5.69 Å². The summed E-state index contributed by atoms with van der Waals surface area (Å²) in [6.45, 7) is 1.18. The van der Waals surface area contributed by atoms with Crippen molar-refractivity contribution >= 4 is 39.3 Å². The molecule has 8 nitrogen and oxygen atoms in total. The largest absolute Gasteiger partial charge is 0.389 e. The molecule has 3 aromatic rings. The number of hydrogen-bond acceptors (Lipinski definition) is 4. The first-order valence-corrected chi connectivity index (χ1v) is 12.1. The molecule has 5 rings (SSSR count). The van der Waals surface area contributed by atoms with E-state index >= 15 is 0 Å². The maximum Gasteiger partial charge on any atom is 0.329 e. The molecule has 0 radical (unpaired) electrons. The lowest BCUT2D eigenvalue weighted by atomic mass is 10.1. The van der Waals surface area contributed by atoms with E-state index in [1.54, 1.807) is 32.6 Å². The van der Waals surface area contributed by atoms with Crippen molar-refractivity contribution in [2.24, 2.45) is 0 Å². The van der Waals surface area contributed by atoms with Crippen LogP contribution in [0.5, 0.6) is 0 Å². The van der Waals surface area contributed by atoms with Gasteiger partial charge in [0.1, 0.15) is 5.69 Å². The fourth-order valence-corrected chi connectivity index (χ4v) is 5.03. The molecule has 176 valence electrons. The van der Waals surface area contributed by atoms with Crippen LogP contribution < -0.4 is 5.69 Å². The first-order chi connectivity index (χ1) is 16.3. The molecule has 1 atom stereocenters. The summed E-state index contributed by atoms with van der Waals surface area (Å²) in [6.07, 6.45) is -0.876. The Morgan fingerprint density at radius 2 is 1.82 bits per heavy atom. The molecule has 10 heteroatoms. The highest BCUT2D eigenvalue weighted by Crippen LogP contribution is 2.26. The summed E-state index contributed by atoms with van der Waals surface area (Å²) in [4.78, 5) is 43.1. The number of halogens is 2. The fraction of sp³-hybridized carbons (Fsp3) is 0.292. The first-order valence-electron chi connectivity index (χ1n) is 10.9. The minimum Gasteiger partial charge on any atom is -0.389 e. The number of amides is 2. The van der Waals surface area contributed by atoms with Crippen molar-refractivity contribution in [3.8, 4) is 0 Å². The molecule has 2 aliphatic rings. The minimum absolute atomic E-state index is 0.0292. The van der Waals surface area contributed by atoms with Gasteiger partial charge in [-0.1, -0.05) is 41.9 Å². The second-order valence-electron chi connectivity index (χ2n) is 8.52. The van der Waals surface area contributed by atoms with E-state index < -0.39 is 6.10 Å². The van der Waals surface area contributed by atoms with E-state index in [-0.39, 0.29) is 49.4 Å². The Bertz CT molecular complexity index is 1340. The van der Waals surface area contributed by atoms with Crippen molar-refractivity contribution in [1.82, 2.24) is 18.9 Å². The van der Waals surface area contributed by atoms with Crippen LogP contribution in [-0.2, 0) is 26.2 Å². The monoisotopic (exact) mass is 544 g/mol. The van der Waals surface area contributed by atoms with Gasteiger partial charge in [-0.15, -0.1) is 0 Å². The van der Waals surface area contributed by atoms with Gasteiger partial charge in [-0.3, -0.25) is 18.7 Å². The van der Waals surface area contributed by atoms with Crippen LogP contribution in [0, 0.1) is 0 Å². The Balaban J connectivity index is 1.49. The lowest BCUT2D eigenvalue weighted by Crippen LogP contribution is -2.42. The number of β-amino-alcohol motifs (C(OH)–C–C–N with tert-alkyl or cyclic N) is 1. The average molecular weight is 546 g/mol. The van der Waals surface area contributed by atoms with E-state index in [0.29, 0.717) is 33.8 Å². The lowest BCUT2D eigenvalue weighted by molar-refractivity contribution is 0.0616. The smallest absolute Gasteiger partial charge is 0.329 e. The highest BCUT2D eigenvalue weighted by Gasteiger charge is 2.36. The van der Waals surface area contributed by atoms with Crippen molar-refractivity contribution in [3.63, 3.8) is 0 Å². The van der Waals surface area contributed by atoms with E-state index in [2.05, 4.69) is 15.9 Å². The Labute approximate surface area is 209 Å². The third kappa shape index (κ3) is 4.08. The number of aliphatic hydroxyl groups excluding tert-OH is 1. The molecule has 0 unspecified atom stereocenters. The number of fused-ring (bicyclic) bond motifs is 3. The number of nitrogens with zero attached hydrogens (tertiary/aromatic N) is 4. The molecule has 34 heavy (non-hydrogen) atoms. The molecule has 0 saturated heterocycles. The Morgan fingerprint density at radius 1 is 1.06 bits per heavy atom. The minimum atomic E-state index is -0.876. The number of aliphatic hydroxyl groups is 1. The van der Waals surface area contributed by atoms with Crippen molar-refractivity contribution in [2.45, 2.75) is 32.3 Å². The van der Waals surface area contributed by atoms with Crippen LogP contribution in [0.2, 0.25) is 5.02 Å². The number of carbonyl (C=O) groups is 2. The van der Waals surface area contributed by atoms with Crippen LogP contribution in [0.25, 0.3) is 0 Å². The number of rotatable bonds is 3. The van der Waals surface area contributed by atoms with Gasteiger partial charge in [-0.25, -0.2) is 4.79 Å². The second-order valence-corrected chi connectivity index (χ2v) is 9.78. The van der Waals surface area contributed by atoms with Crippen molar-refractivity contribution < 1.29 is 14.7 Å². The maximum atomic E-state index is 13.6. The molecule has 0 fully saturated rings. The zero-order valence-corrected chi connectivity index (χ0v) is 20.5. The number of aromatic nitrogens is 2. The summed E-state index contributed by atoms with van der Waals surface area (Å²) >= 11 is 9.50. The second kappa shape index (κ2) is 9.05. The Morgan fingerprint density at radius 3 is 2.56 bits per heavy atom. The fourth-order valence-electron chi connectivity index (χ4n) is 4.60. The predicted octanol–water partition coefficient (Wildman–Crippen LogP) is 2.74. The Kier molecular flexibility index (Phi) is 6.09. The molecule has 3 heterocycles. The zero-order valence-electron chi connectivity index (χ0n) is 18.2. The summed E-state index contributed by atoms with van der Waals surface area (Å²) < 4.78 is 3.60.